The Kier molecular flexibility index (Phi) is 5.23. The van der Waals surface area contributed by atoms with Gasteiger partial charge in [0.15, 0.2) is 4.90 Å². The molecule has 0 radical (unpaired) electrons. The second-order valence-corrected chi connectivity index (χ2v) is 6.94. The van der Waals surface area contributed by atoms with Crippen molar-refractivity contribution in [2.24, 2.45) is 0 Å². The van der Waals surface area contributed by atoms with Gasteiger partial charge in [-0.2, -0.15) is 0 Å². The molecule has 2 aromatic rings. The first kappa shape index (κ1) is 15.4. The van der Waals surface area contributed by atoms with Crippen molar-refractivity contribution < 1.29 is 9.53 Å². The summed E-state index contributed by atoms with van der Waals surface area (Å²) in [6, 6.07) is 18.2. The van der Waals surface area contributed by atoms with E-state index in [4.69, 9.17) is 4.74 Å². The number of ether oxygens (including phenoxy) is 1. The third kappa shape index (κ3) is 4.50. The molecule has 0 spiro atoms. The van der Waals surface area contributed by atoms with E-state index >= 15 is 0 Å². The average Bonchev–Trinajstić information content (AvgIpc) is 2.48. The summed E-state index contributed by atoms with van der Waals surface area (Å²) < 4.78 is 5.19. The van der Waals surface area contributed by atoms with Gasteiger partial charge in [0.05, 0.1) is 0 Å². The highest BCUT2D eigenvalue weighted by atomic mass is 32.2. The molecule has 2 aromatic carbocycles. The minimum atomic E-state index is -0.387. The molecule has 2 nitrogen and oxygen atoms in total. The minimum absolute atomic E-state index is 0.128. The molecule has 1 unspecified atom stereocenters. The Hall–Kier alpha value is -2.00. The van der Waals surface area contributed by atoms with E-state index < -0.39 is 0 Å². The summed E-state index contributed by atoms with van der Waals surface area (Å²) in [5.41, 5.74) is 1.74. The van der Waals surface area contributed by atoms with Crippen molar-refractivity contribution >= 4 is 16.9 Å². The molecule has 1 atom stereocenters. The van der Waals surface area contributed by atoms with E-state index in [1.807, 2.05) is 30.3 Å². The fraction of sp³-hybridized carbons (Fsp3) is 0.167. The molecule has 108 valence electrons. The van der Waals surface area contributed by atoms with Crippen LogP contribution < -0.4 is 4.74 Å². The van der Waals surface area contributed by atoms with E-state index in [-0.39, 0.29) is 16.9 Å². The molecule has 0 fully saturated rings. The highest BCUT2D eigenvalue weighted by Gasteiger charge is 2.16. The summed E-state index contributed by atoms with van der Waals surface area (Å²) in [6.07, 6.45) is 2.22. The van der Waals surface area contributed by atoms with Crippen LogP contribution in [0.3, 0.4) is 0 Å². The van der Waals surface area contributed by atoms with Gasteiger partial charge < -0.3 is 4.74 Å². The topological polar surface area (TPSA) is 26.3 Å². The fourth-order valence-electron chi connectivity index (χ4n) is 1.84. The van der Waals surface area contributed by atoms with E-state index in [1.165, 1.54) is 10.5 Å². The van der Waals surface area contributed by atoms with E-state index in [2.05, 4.69) is 37.1 Å². The zero-order chi connectivity index (χ0) is 15.2. The van der Waals surface area contributed by atoms with Gasteiger partial charge in [-0.25, -0.2) is 4.79 Å². The number of carbonyl (C=O) groups excluding carboxylic acids is 1. The predicted molar refractivity (Wildman–Crippen MR) is 88.6 cm³/mol. The summed E-state index contributed by atoms with van der Waals surface area (Å²) >= 11 is 0. The number of rotatable bonds is 5. The standard InChI is InChI=1S/C18H19O2S/c1-14(2)18(19)20-16-9-11-17(12-10-16)21(3)13-15-7-5-4-6-8-15/h4-12H,1,13H2,2-3H3/q+1. The number of carbonyl (C=O) groups is 1. The monoisotopic (exact) mass is 299 g/mol. The lowest BCUT2D eigenvalue weighted by Crippen LogP contribution is -2.08. The molecule has 0 aromatic heterocycles. The van der Waals surface area contributed by atoms with E-state index in [0.717, 1.165) is 5.75 Å². The second-order valence-electron chi connectivity index (χ2n) is 4.91. The Morgan fingerprint density at radius 1 is 1.10 bits per heavy atom. The zero-order valence-electron chi connectivity index (χ0n) is 12.3. The van der Waals surface area contributed by atoms with Crippen LogP contribution in [0.2, 0.25) is 0 Å². The van der Waals surface area contributed by atoms with Crippen LogP contribution in [0.25, 0.3) is 0 Å². The van der Waals surface area contributed by atoms with E-state index in [1.54, 1.807) is 6.92 Å². The lowest BCUT2D eigenvalue weighted by Gasteiger charge is -2.06. The number of benzene rings is 2. The fourth-order valence-corrected chi connectivity index (χ4v) is 3.30. The summed E-state index contributed by atoms with van der Waals surface area (Å²) in [6.45, 7) is 5.21. The molecule has 0 heterocycles. The summed E-state index contributed by atoms with van der Waals surface area (Å²) in [5, 5.41) is 0. The molecule has 2 rings (SSSR count). The third-order valence-corrected chi connectivity index (χ3v) is 4.85. The smallest absolute Gasteiger partial charge is 0.338 e. The van der Waals surface area contributed by atoms with Crippen LogP contribution in [-0.4, -0.2) is 12.2 Å². The maximum atomic E-state index is 11.5. The van der Waals surface area contributed by atoms with Crippen LogP contribution in [0.15, 0.2) is 71.6 Å². The predicted octanol–water partition coefficient (Wildman–Crippen LogP) is 3.98. The quantitative estimate of drug-likeness (QED) is 0.361. The summed E-state index contributed by atoms with van der Waals surface area (Å²) in [4.78, 5) is 12.7. The van der Waals surface area contributed by atoms with Gasteiger partial charge in [-0.1, -0.05) is 36.9 Å². The first-order chi connectivity index (χ1) is 10.1. The van der Waals surface area contributed by atoms with Gasteiger partial charge in [-0.3, -0.25) is 0 Å². The van der Waals surface area contributed by atoms with Gasteiger partial charge in [0.1, 0.15) is 17.8 Å². The van der Waals surface area contributed by atoms with Crippen LogP contribution in [0, 0.1) is 0 Å². The molecule has 0 aliphatic rings. The Labute approximate surface area is 128 Å². The van der Waals surface area contributed by atoms with Crippen molar-refractivity contribution in [3.63, 3.8) is 0 Å². The molecule has 0 saturated carbocycles. The average molecular weight is 299 g/mol. The molecule has 0 saturated heterocycles. The van der Waals surface area contributed by atoms with Crippen LogP contribution in [0.1, 0.15) is 12.5 Å². The minimum Gasteiger partial charge on any atom is -0.423 e. The molecule has 0 amide bonds. The third-order valence-electron chi connectivity index (χ3n) is 3.01. The molecule has 0 aliphatic heterocycles. The van der Waals surface area contributed by atoms with Gasteiger partial charge in [-0.05, 0) is 31.2 Å². The lowest BCUT2D eigenvalue weighted by atomic mass is 10.2. The second kappa shape index (κ2) is 7.14. The number of hydrogen-bond donors (Lipinski definition) is 0. The van der Waals surface area contributed by atoms with Crippen molar-refractivity contribution in [1.82, 2.24) is 0 Å². The van der Waals surface area contributed by atoms with Gasteiger partial charge in [0.25, 0.3) is 0 Å². The van der Waals surface area contributed by atoms with Crippen molar-refractivity contribution in [2.75, 3.05) is 6.26 Å². The number of hydrogen-bond acceptors (Lipinski definition) is 2. The first-order valence-electron chi connectivity index (χ1n) is 6.70. The molecular weight excluding hydrogens is 280 g/mol. The van der Waals surface area contributed by atoms with E-state index in [0.29, 0.717) is 11.3 Å². The Morgan fingerprint density at radius 2 is 1.71 bits per heavy atom. The maximum absolute atomic E-state index is 11.5. The van der Waals surface area contributed by atoms with E-state index in [9.17, 15) is 4.79 Å². The van der Waals surface area contributed by atoms with Gasteiger partial charge in [0.2, 0.25) is 0 Å². The van der Waals surface area contributed by atoms with Crippen LogP contribution >= 0.6 is 0 Å². The van der Waals surface area contributed by atoms with Crippen molar-refractivity contribution in [3.05, 3.63) is 72.3 Å². The molecule has 3 heteroatoms. The van der Waals surface area contributed by atoms with Crippen molar-refractivity contribution in [3.8, 4) is 5.75 Å². The Balaban J connectivity index is 2.01. The highest BCUT2D eigenvalue weighted by Crippen LogP contribution is 2.20. The zero-order valence-corrected chi connectivity index (χ0v) is 13.2. The number of esters is 1. The first-order valence-corrected chi connectivity index (χ1v) is 8.50. The van der Waals surface area contributed by atoms with Crippen LogP contribution in [0.4, 0.5) is 0 Å². The van der Waals surface area contributed by atoms with Crippen LogP contribution in [0.5, 0.6) is 5.75 Å². The summed E-state index contributed by atoms with van der Waals surface area (Å²) in [5.74, 6) is 1.19. The maximum Gasteiger partial charge on any atom is 0.338 e. The SMILES string of the molecule is C=C(C)C(=O)Oc1ccc([S+](C)Cc2ccccc2)cc1. The largest absolute Gasteiger partial charge is 0.423 e. The lowest BCUT2D eigenvalue weighted by molar-refractivity contribution is -0.130. The Bertz CT molecular complexity index is 617. The molecule has 0 aliphatic carbocycles. The van der Waals surface area contributed by atoms with Gasteiger partial charge >= 0.3 is 5.97 Å². The molecule has 0 bridgehead atoms. The molecule has 0 N–H and O–H groups in total. The normalized spacial score (nSPS) is 11.7. The van der Waals surface area contributed by atoms with Gasteiger partial charge in [0, 0.05) is 22.0 Å². The van der Waals surface area contributed by atoms with Crippen LogP contribution in [-0.2, 0) is 21.4 Å². The van der Waals surface area contributed by atoms with Crippen molar-refractivity contribution in [1.29, 1.82) is 0 Å². The van der Waals surface area contributed by atoms with Gasteiger partial charge in [-0.15, -0.1) is 0 Å². The molecular formula is C18H19O2S+. The summed E-state index contributed by atoms with van der Waals surface area (Å²) in [7, 11) is 0.128. The molecule has 21 heavy (non-hydrogen) atoms. The highest BCUT2D eigenvalue weighted by molar-refractivity contribution is 7.95. The van der Waals surface area contributed by atoms with Crippen molar-refractivity contribution in [2.45, 2.75) is 17.6 Å². The Morgan fingerprint density at radius 3 is 2.29 bits per heavy atom.